The van der Waals surface area contributed by atoms with Gasteiger partial charge in [0.05, 0.1) is 12.8 Å². The zero-order valence-corrected chi connectivity index (χ0v) is 13.5. The third kappa shape index (κ3) is 2.99. The molecular formula is C17H22N2O2. The van der Waals surface area contributed by atoms with Gasteiger partial charge >= 0.3 is 0 Å². The Morgan fingerprint density at radius 1 is 1.19 bits per heavy atom. The number of aromatic amines is 1. The summed E-state index contributed by atoms with van der Waals surface area (Å²) in [5, 5.41) is 0. The van der Waals surface area contributed by atoms with Gasteiger partial charge in [0.25, 0.3) is 5.56 Å². The topological polar surface area (TPSA) is 55.0 Å². The second-order valence-corrected chi connectivity index (χ2v) is 6.34. The zero-order chi connectivity index (χ0) is 15.8. The van der Waals surface area contributed by atoms with Gasteiger partial charge in [0.2, 0.25) is 0 Å². The van der Waals surface area contributed by atoms with Crippen molar-refractivity contribution in [2.24, 2.45) is 0 Å². The van der Waals surface area contributed by atoms with Crippen molar-refractivity contribution in [1.82, 2.24) is 9.97 Å². The number of aryl methyl sites for hydroxylation is 1. The molecule has 1 N–H and O–H groups in total. The average molecular weight is 286 g/mol. The van der Waals surface area contributed by atoms with Crippen LogP contribution in [-0.4, -0.2) is 17.1 Å². The van der Waals surface area contributed by atoms with E-state index in [1.807, 2.05) is 45.9 Å². The van der Waals surface area contributed by atoms with Crippen LogP contribution in [0.5, 0.6) is 5.75 Å². The molecule has 0 aliphatic heterocycles. The van der Waals surface area contributed by atoms with Crippen molar-refractivity contribution in [3.05, 3.63) is 45.5 Å². The van der Waals surface area contributed by atoms with Crippen LogP contribution in [0, 0.1) is 13.8 Å². The standard InChI is InChI=1S/C17H22N2O2/c1-10-7-8-13(21-6)12(9-10)14-11(2)15(20)19-16(18-14)17(3,4)5/h7-9H,1-6H3,(H,18,19,20). The van der Waals surface area contributed by atoms with E-state index in [2.05, 4.69) is 9.97 Å². The lowest BCUT2D eigenvalue weighted by atomic mass is 9.94. The summed E-state index contributed by atoms with van der Waals surface area (Å²) in [5.41, 5.74) is 2.92. The predicted molar refractivity (Wildman–Crippen MR) is 85.0 cm³/mol. The molecule has 4 heteroatoms. The monoisotopic (exact) mass is 286 g/mol. The number of hydrogen-bond donors (Lipinski definition) is 1. The highest BCUT2D eigenvalue weighted by Gasteiger charge is 2.21. The van der Waals surface area contributed by atoms with Gasteiger partial charge in [-0.1, -0.05) is 32.4 Å². The Bertz CT molecular complexity index is 725. The highest BCUT2D eigenvalue weighted by molar-refractivity contribution is 5.70. The smallest absolute Gasteiger partial charge is 0.254 e. The first-order valence-corrected chi connectivity index (χ1v) is 7.00. The number of rotatable bonds is 2. The lowest BCUT2D eigenvalue weighted by molar-refractivity contribution is 0.416. The van der Waals surface area contributed by atoms with Crippen LogP contribution in [0.25, 0.3) is 11.3 Å². The van der Waals surface area contributed by atoms with Gasteiger partial charge in [-0.25, -0.2) is 4.98 Å². The maximum Gasteiger partial charge on any atom is 0.254 e. The van der Waals surface area contributed by atoms with Crippen LogP contribution in [0.4, 0.5) is 0 Å². The highest BCUT2D eigenvalue weighted by atomic mass is 16.5. The third-order valence-electron chi connectivity index (χ3n) is 3.47. The summed E-state index contributed by atoms with van der Waals surface area (Å²) in [6.07, 6.45) is 0. The number of nitrogens with one attached hydrogen (secondary N) is 1. The van der Waals surface area contributed by atoms with Gasteiger partial charge in [-0.2, -0.15) is 0 Å². The van der Waals surface area contributed by atoms with Gasteiger partial charge in [-0.05, 0) is 26.0 Å². The van der Waals surface area contributed by atoms with E-state index in [-0.39, 0.29) is 11.0 Å². The van der Waals surface area contributed by atoms with Gasteiger partial charge in [0, 0.05) is 16.5 Å². The van der Waals surface area contributed by atoms with Crippen molar-refractivity contribution in [1.29, 1.82) is 0 Å². The molecule has 1 heterocycles. The van der Waals surface area contributed by atoms with Crippen LogP contribution in [0.3, 0.4) is 0 Å². The maximum atomic E-state index is 12.2. The molecule has 0 radical (unpaired) electrons. The van der Waals surface area contributed by atoms with Crippen molar-refractivity contribution in [3.8, 4) is 17.0 Å². The van der Waals surface area contributed by atoms with Crippen LogP contribution < -0.4 is 10.3 Å². The summed E-state index contributed by atoms with van der Waals surface area (Å²) >= 11 is 0. The quantitative estimate of drug-likeness (QED) is 0.921. The van der Waals surface area contributed by atoms with Crippen LogP contribution in [-0.2, 0) is 5.41 Å². The number of aromatic nitrogens is 2. The summed E-state index contributed by atoms with van der Waals surface area (Å²) in [5.74, 6) is 1.40. The van der Waals surface area contributed by atoms with Gasteiger partial charge in [0.15, 0.2) is 0 Å². The van der Waals surface area contributed by atoms with Crippen LogP contribution in [0.15, 0.2) is 23.0 Å². The number of H-pyrrole nitrogens is 1. The molecule has 0 saturated heterocycles. The fourth-order valence-corrected chi connectivity index (χ4v) is 2.16. The molecular weight excluding hydrogens is 264 g/mol. The Balaban J connectivity index is 2.78. The molecule has 1 aromatic carbocycles. The first kappa shape index (κ1) is 15.3. The molecule has 0 spiro atoms. The van der Waals surface area contributed by atoms with E-state index in [9.17, 15) is 4.79 Å². The molecule has 0 atom stereocenters. The number of hydrogen-bond acceptors (Lipinski definition) is 3. The van der Waals surface area contributed by atoms with E-state index in [1.165, 1.54) is 0 Å². The van der Waals surface area contributed by atoms with E-state index in [4.69, 9.17) is 4.74 Å². The molecule has 0 aliphatic carbocycles. The van der Waals surface area contributed by atoms with Crippen molar-refractivity contribution in [3.63, 3.8) is 0 Å². The molecule has 0 fully saturated rings. The fourth-order valence-electron chi connectivity index (χ4n) is 2.16. The summed E-state index contributed by atoms with van der Waals surface area (Å²) < 4.78 is 5.42. The minimum atomic E-state index is -0.224. The molecule has 112 valence electrons. The first-order chi connectivity index (χ1) is 9.74. The summed E-state index contributed by atoms with van der Waals surface area (Å²) in [4.78, 5) is 19.8. The van der Waals surface area contributed by atoms with E-state index < -0.39 is 0 Å². The Labute approximate surface area is 125 Å². The minimum Gasteiger partial charge on any atom is -0.496 e. The van der Waals surface area contributed by atoms with Gasteiger partial charge in [-0.3, -0.25) is 4.79 Å². The molecule has 4 nitrogen and oxygen atoms in total. The van der Waals surface area contributed by atoms with Crippen molar-refractivity contribution < 1.29 is 4.74 Å². The predicted octanol–water partition coefficient (Wildman–Crippen LogP) is 3.36. The van der Waals surface area contributed by atoms with Crippen molar-refractivity contribution >= 4 is 0 Å². The minimum absolute atomic E-state index is 0.103. The average Bonchev–Trinajstić information content (AvgIpc) is 2.40. The third-order valence-corrected chi connectivity index (χ3v) is 3.47. The molecule has 0 bridgehead atoms. The normalized spacial score (nSPS) is 11.5. The van der Waals surface area contributed by atoms with Crippen molar-refractivity contribution in [2.45, 2.75) is 40.0 Å². The summed E-state index contributed by atoms with van der Waals surface area (Å²) in [6, 6.07) is 5.89. The number of nitrogens with zero attached hydrogens (tertiary/aromatic N) is 1. The van der Waals surface area contributed by atoms with Gasteiger partial charge in [-0.15, -0.1) is 0 Å². The number of ether oxygens (including phenoxy) is 1. The molecule has 0 saturated carbocycles. The van der Waals surface area contributed by atoms with E-state index in [1.54, 1.807) is 14.0 Å². The molecule has 1 aromatic heterocycles. The molecule has 2 aromatic rings. The van der Waals surface area contributed by atoms with Crippen molar-refractivity contribution in [2.75, 3.05) is 7.11 Å². The van der Waals surface area contributed by atoms with Crippen LogP contribution in [0.1, 0.15) is 37.7 Å². The molecule has 0 aliphatic rings. The Kier molecular flexibility index (Phi) is 3.90. The lowest BCUT2D eigenvalue weighted by Gasteiger charge is -2.19. The molecule has 0 amide bonds. The largest absolute Gasteiger partial charge is 0.496 e. The Morgan fingerprint density at radius 2 is 1.86 bits per heavy atom. The zero-order valence-electron chi connectivity index (χ0n) is 13.5. The number of benzene rings is 1. The second kappa shape index (κ2) is 5.35. The molecule has 0 unspecified atom stereocenters. The Hall–Kier alpha value is -2.10. The molecule has 21 heavy (non-hydrogen) atoms. The first-order valence-electron chi connectivity index (χ1n) is 7.00. The maximum absolute atomic E-state index is 12.2. The SMILES string of the molecule is COc1ccc(C)cc1-c1nc(C(C)(C)C)[nH]c(=O)c1C. The second-order valence-electron chi connectivity index (χ2n) is 6.34. The summed E-state index contributed by atoms with van der Waals surface area (Å²) in [7, 11) is 1.63. The lowest BCUT2D eigenvalue weighted by Crippen LogP contribution is -2.24. The highest BCUT2D eigenvalue weighted by Crippen LogP contribution is 2.31. The molecule has 2 rings (SSSR count). The van der Waals surface area contributed by atoms with Crippen LogP contribution >= 0.6 is 0 Å². The fraction of sp³-hybridized carbons (Fsp3) is 0.412. The van der Waals surface area contributed by atoms with Crippen LogP contribution in [0.2, 0.25) is 0 Å². The Morgan fingerprint density at radius 3 is 2.43 bits per heavy atom. The van der Waals surface area contributed by atoms with Gasteiger partial charge in [0.1, 0.15) is 11.6 Å². The van der Waals surface area contributed by atoms with E-state index in [0.29, 0.717) is 17.1 Å². The van der Waals surface area contributed by atoms with E-state index >= 15 is 0 Å². The summed E-state index contributed by atoms with van der Waals surface area (Å²) in [6.45, 7) is 9.87. The van der Waals surface area contributed by atoms with E-state index in [0.717, 1.165) is 16.9 Å². The number of methoxy groups -OCH3 is 1. The van der Waals surface area contributed by atoms with Gasteiger partial charge < -0.3 is 9.72 Å².